The van der Waals surface area contributed by atoms with E-state index in [4.69, 9.17) is 0 Å². The van der Waals surface area contributed by atoms with Crippen LogP contribution in [0.4, 0.5) is 0 Å². The fraction of sp³-hybridized carbons (Fsp3) is 0.278. The molecule has 0 radical (unpaired) electrons. The Kier molecular flexibility index (Phi) is 4.83. The Morgan fingerprint density at radius 1 is 1.48 bits per heavy atom. The fourth-order valence-corrected chi connectivity index (χ4v) is 3.70. The maximum Gasteiger partial charge on any atom is 0.347 e. The summed E-state index contributed by atoms with van der Waals surface area (Å²) in [6.07, 6.45) is 1.86. The van der Waals surface area contributed by atoms with E-state index in [-0.39, 0.29) is 4.88 Å². The number of fused-ring (bicyclic) bond motifs is 1. The molecule has 128 valence electrons. The van der Waals surface area contributed by atoms with E-state index in [1.54, 1.807) is 6.92 Å². The second-order valence-electron chi connectivity index (χ2n) is 5.67. The molecule has 0 atom stereocenters. The first-order valence-corrected chi connectivity index (χ1v) is 8.81. The van der Waals surface area contributed by atoms with Crippen LogP contribution in [-0.2, 0) is 6.54 Å². The molecule has 0 aliphatic heterocycles. The van der Waals surface area contributed by atoms with Gasteiger partial charge in [-0.1, -0.05) is 6.92 Å². The van der Waals surface area contributed by atoms with Crippen molar-refractivity contribution in [3.8, 4) is 16.6 Å². The number of carbonyl (C=O) groups is 1. The second kappa shape index (κ2) is 7.05. The zero-order chi connectivity index (χ0) is 18.0. The molecule has 2 N–H and O–H groups in total. The van der Waals surface area contributed by atoms with E-state index in [1.165, 1.54) is 0 Å². The highest BCUT2D eigenvalue weighted by molar-refractivity contribution is 7.17. The van der Waals surface area contributed by atoms with Gasteiger partial charge in [-0.3, -0.25) is 0 Å². The summed E-state index contributed by atoms with van der Waals surface area (Å²) in [6.45, 7) is 6.28. The Labute approximate surface area is 149 Å². The van der Waals surface area contributed by atoms with Crippen molar-refractivity contribution in [2.75, 3.05) is 13.1 Å². The number of carboxylic acids is 1. The van der Waals surface area contributed by atoms with E-state index >= 15 is 0 Å². The lowest BCUT2D eigenvalue weighted by Gasteiger charge is -2.06. The highest BCUT2D eigenvalue weighted by Crippen LogP contribution is 2.31. The van der Waals surface area contributed by atoms with Gasteiger partial charge in [-0.2, -0.15) is 5.26 Å². The van der Waals surface area contributed by atoms with Gasteiger partial charge in [0.25, 0.3) is 0 Å². The van der Waals surface area contributed by atoms with Crippen LogP contribution in [0, 0.1) is 18.3 Å². The molecule has 0 aliphatic rings. The lowest BCUT2D eigenvalue weighted by atomic mass is 10.1. The van der Waals surface area contributed by atoms with Gasteiger partial charge >= 0.3 is 5.97 Å². The molecular formula is C18H18N4O2S. The normalized spacial score (nSPS) is 10.9. The molecule has 2 heterocycles. The average Bonchev–Trinajstić information content (AvgIpc) is 3.15. The van der Waals surface area contributed by atoms with E-state index in [2.05, 4.69) is 27.9 Å². The van der Waals surface area contributed by atoms with Crippen molar-refractivity contribution in [2.45, 2.75) is 20.4 Å². The summed E-state index contributed by atoms with van der Waals surface area (Å²) in [4.78, 5) is 15.8. The lowest BCUT2D eigenvalue weighted by molar-refractivity contribution is 0.0701. The number of thiazole rings is 1. The van der Waals surface area contributed by atoms with Gasteiger partial charge in [0.15, 0.2) is 0 Å². The third-order valence-electron chi connectivity index (χ3n) is 4.02. The van der Waals surface area contributed by atoms with Crippen molar-refractivity contribution in [2.24, 2.45) is 0 Å². The van der Waals surface area contributed by atoms with Crippen molar-refractivity contribution in [1.29, 1.82) is 5.26 Å². The first kappa shape index (κ1) is 17.1. The number of aromatic nitrogens is 2. The Morgan fingerprint density at radius 2 is 2.28 bits per heavy atom. The fourth-order valence-electron chi connectivity index (χ4n) is 2.80. The minimum Gasteiger partial charge on any atom is -0.477 e. The number of rotatable bonds is 6. The van der Waals surface area contributed by atoms with E-state index in [0.29, 0.717) is 16.3 Å². The third-order valence-corrected chi connectivity index (χ3v) is 5.21. The van der Waals surface area contributed by atoms with Gasteiger partial charge in [-0.05, 0) is 31.7 Å². The molecule has 3 rings (SSSR count). The zero-order valence-corrected chi connectivity index (χ0v) is 14.9. The predicted octanol–water partition coefficient (Wildman–Crippen LogP) is 3.25. The standard InChI is InChI=1S/C18H18N4O2S/c1-3-20-6-7-22-10-13(9-19)14-8-12(4-5-15(14)22)17-21-11(2)16(25-17)18(23)24/h4-5,8,10,20H,3,6-7H2,1-2H3,(H,23,24). The van der Waals surface area contributed by atoms with Crippen LogP contribution in [-0.4, -0.2) is 33.7 Å². The first-order valence-electron chi connectivity index (χ1n) is 8.00. The van der Waals surface area contributed by atoms with Gasteiger partial charge < -0.3 is 15.0 Å². The highest BCUT2D eigenvalue weighted by atomic mass is 32.1. The number of carboxylic acid groups (broad SMARTS) is 1. The van der Waals surface area contributed by atoms with Crippen LogP contribution in [0.25, 0.3) is 21.5 Å². The summed E-state index contributed by atoms with van der Waals surface area (Å²) >= 11 is 1.16. The van der Waals surface area contributed by atoms with Gasteiger partial charge in [0, 0.05) is 35.8 Å². The van der Waals surface area contributed by atoms with Crippen molar-refractivity contribution in [3.05, 3.63) is 40.5 Å². The number of nitrogens with one attached hydrogen (secondary N) is 1. The minimum absolute atomic E-state index is 0.249. The van der Waals surface area contributed by atoms with Crippen LogP contribution >= 0.6 is 11.3 Å². The molecule has 1 aromatic carbocycles. The SMILES string of the molecule is CCNCCn1cc(C#N)c2cc(-c3nc(C)c(C(=O)O)s3)ccc21. The van der Waals surface area contributed by atoms with Crippen LogP contribution < -0.4 is 5.32 Å². The molecule has 3 aromatic rings. The van der Waals surface area contributed by atoms with Crippen molar-refractivity contribution < 1.29 is 9.90 Å². The second-order valence-corrected chi connectivity index (χ2v) is 6.67. The molecule has 0 amide bonds. The van der Waals surface area contributed by atoms with Crippen LogP contribution in [0.2, 0.25) is 0 Å². The molecule has 0 unspecified atom stereocenters. The van der Waals surface area contributed by atoms with Crippen LogP contribution in [0.3, 0.4) is 0 Å². The summed E-state index contributed by atoms with van der Waals surface area (Å²) in [5.74, 6) is -0.963. The number of nitrogens with zero attached hydrogens (tertiary/aromatic N) is 3. The molecule has 0 aliphatic carbocycles. The predicted molar refractivity (Wildman–Crippen MR) is 98.0 cm³/mol. The Morgan fingerprint density at radius 3 is 2.92 bits per heavy atom. The Hall–Kier alpha value is -2.69. The molecule has 2 aromatic heterocycles. The monoisotopic (exact) mass is 354 g/mol. The molecule has 0 spiro atoms. The minimum atomic E-state index is -0.963. The van der Waals surface area contributed by atoms with Gasteiger partial charge in [-0.25, -0.2) is 9.78 Å². The van der Waals surface area contributed by atoms with Gasteiger partial charge in [0.2, 0.25) is 0 Å². The molecule has 0 fully saturated rings. The number of hydrogen-bond acceptors (Lipinski definition) is 5. The smallest absolute Gasteiger partial charge is 0.347 e. The molecule has 0 bridgehead atoms. The van der Waals surface area contributed by atoms with E-state index in [9.17, 15) is 15.2 Å². The third kappa shape index (κ3) is 3.27. The Balaban J connectivity index is 2.04. The first-order chi connectivity index (χ1) is 12.0. The molecule has 6 nitrogen and oxygen atoms in total. The van der Waals surface area contributed by atoms with Gasteiger partial charge in [0.05, 0.1) is 11.3 Å². The largest absolute Gasteiger partial charge is 0.477 e. The number of hydrogen-bond donors (Lipinski definition) is 2. The van der Waals surface area contributed by atoms with Crippen molar-refractivity contribution in [3.63, 3.8) is 0 Å². The maximum atomic E-state index is 11.2. The van der Waals surface area contributed by atoms with E-state index < -0.39 is 5.97 Å². The van der Waals surface area contributed by atoms with Gasteiger partial charge in [-0.15, -0.1) is 11.3 Å². The van der Waals surface area contributed by atoms with Gasteiger partial charge in [0.1, 0.15) is 16.0 Å². The van der Waals surface area contributed by atoms with Crippen molar-refractivity contribution >= 4 is 28.2 Å². The molecule has 7 heteroatoms. The summed E-state index contributed by atoms with van der Waals surface area (Å²) in [5, 5.41) is 23.4. The Bertz CT molecular complexity index is 981. The number of nitriles is 1. The van der Waals surface area contributed by atoms with Crippen LogP contribution in [0.5, 0.6) is 0 Å². The van der Waals surface area contributed by atoms with Crippen molar-refractivity contribution in [1.82, 2.24) is 14.9 Å². The maximum absolute atomic E-state index is 11.2. The van der Waals surface area contributed by atoms with E-state index in [1.807, 2.05) is 24.4 Å². The highest BCUT2D eigenvalue weighted by Gasteiger charge is 2.16. The average molecular weight is 354 g/mol. The number of benzene rings is 1. The topological polar surface area (TPSA) is 90.9 Å². The van der Waals surface area contributed by atoms with Crippen LogP contribution in [0.15, 0.2) is 24.4 Å². The molecule has 0 saturated heterocycles. The quantitative estimate of drug-likeness (QED) is 0.663. The lowest BCUT2D eigenvalue weighted by Crippen LogP contribution is -2.18. The molecule has 25 heavy (non-hydrogen) atoms. The molecule has 0 saturated carbocycles. The summed E-state index contributed by atoms with van der Waals surface area (Å²) < 4.78 is 2.07. The van der Waals surface area contributed by atoms with E-state index in [0.717, 1.165) is 47.4 Å². The molecular weight excluding hydrogens is 336 g/mol. The number of aromatic carboxylic acids is 1. The number of likely N-dealkylation sites (N-methyl/N-ethyl adjacent to an activating group) is 1. The summed E-state index contributed by atoms with van der Waals surface area (Å²) in [7, 11) is 0. The summed E-state index contributed by atoms with van der Waals surface area (Å²) in [5.41, 5.74) is 2.94. The zero-order valence-electron chi connectivity index (χ0n) is 14.0. The van der Waals surface area contributed by atoms with Crippen LogP contribution in [0.1, 0.15) is 27.9 Å². The summed E-state index contributed by atoms with van der Waals surface area (Å²) in [6, 6.07) is 8.05. The number of aryl methyl sites for hydroxylation is 1.